The van der Waals surface area contributed by atoms with Crippen molar-refractivity contribution in [2.24, 2.45) is 7.05 Å². The van der Waals surface area contributed by atoms with Crippen molar-refractivity contribution in [2.45, 2.75) is 84.3 Å². The molecule has 0 fully saturated rings. The SMILES string of the molecule is C/C=C(/C=C\C(Cl)=C/C)C1SC(CC(=O)OCC)C(C)Nc2c1c(C)nn2C.CCCC. The molecule has 3 atom stereocenters. The fraction of sp³-hybridized carbons (Fsp3) is 0.600. The van der Waals surface area contributed by atoms with Gasteiger partial charge in [-0.1, -0.05) is 56.5 Å². The number of allylic oxidation sites excluding steroid dienone is 5. The van der Waals surface area contributed by atoms with Crippen LogP contribution >= 0.6 is 23.4 Å². The molecule has 5 nitrogen and oxygen atoms in total. The van der Waals surface area contributed by atoms with E-state index in [9.17, 15) is 4.79 Å². The van der Waals surface area contributed by atoms with Gasteiger partial charge in [0.1, 0.15) is 5.82 Å². The predicted octanol–water partition coefficient (Wildman–Crippen LogP) is 7.09. The van der Waals surface area contributed by atoms with E-state index in [1.54, 1.807) is 11.8 Å². The maximum absolute atomic E-state index is 12.2. The summed E-state index contributed by atoms with van der Waals surface area (Å²) in [6.07, 6.45) is 10.9. The summed E-state index contributed by atoms with van der Waals surface area (Å²) >= 11 is 7.96. The van der Waals surface area contributed by atoms with E-state index < -0.39 is 0 Å². The van der Waals surface area contributed by atoms with Gasteiger partial charge in [0.05, 0.1) is 24.0 Å². The van der Waals surface area contributed by atoms with E-state index in [2.05, 4.69) is 37.3 Å². The Hall–Kier alpha value is -1.66. The summed E-state index contributed by atoms with van der Waals surface area (Å²) in [4.78, 5) is 12.2. The van der Waals surface area contributed by atoms with Crippen LogP contribution in [0.25, 0.3) is 0 Å². The molecule has 7 heteroatoms. The quantitative estimate of drug-likeness (QED) is 0.332. The zero-order chi connectivity index (χ0) is 24.3. The van der Waals surface area contributed by atoms with E-state index in [0.29, 0.717) is 18.1 Å². The number of carbonyl (C=O) groups excluding carboxylic acids is 1. The van der Waals surface area contributed by atoms with Crippen LogP contribution in [0.15, 0.2) is 34.9 Å². The van der Waals surface area contributed by atoms with E-state index in [1.165, 1.54) is 12.8 Å². The first-order valence-corrected chi connectivity index (χ1v) is 12.8. The van der Waals surface area contributed by atoms with Crippen LogP contribution in [0.5, 0.6) is 0 Å². The summed E-state index contributed by atoms with van der Waals surface area (Å²) in [5.41, 5.74) is 3.27. The molecule has 180 valence electrons. The molecule has 3 unspecified atom stereocenters. The highest BCUT2D eigenvalue weighted by Gasteiger charge is 2.35. The number of unbranched alkanes of at least 4 members (excludes halogenated alkanes) is 1. The van der Waals surface area contributed by atoms with Crippen LogP contribution in [0.2, 0.25) is 0 Å². The van der Waals surface area contributed by atoms with Gasteiger partial charge in [0.15, 0.2) is 0 Å². The average molecular weight is 482 g/mol. The minimum atomic E-state index is -0.164. The third-order valence-electron chi connectivity index (χ3n) is 5.28. The van der Waals surface area contributed by atoms with E-state index in [-0.39, 0.29) is 22.5 Å². The molecule has 1 aromatic heterocycles. The molecule has 0 radical (unpaired) electrons. The molecule has 0 saturated heterocycles. The van der Waals surface area contributed by atoms with Gasteiger partial charge in [0, 0.05) is 28.9 Å². The number of esters is 1. The molecule has 2 heterocycles. The average Bonchev–Trinajstić information content (AvgIpc) is 2.95. The molecule has 0 amide bonds. The van der Waals surface area contributed by atoms with Crippen LogP contribution < -0.4 is 5.32 Å². The topological polar surface area (TPSA) is 56.1 Å². The first-order valence-electron chi connectivity index (χ1n) is 11.5. The normalized spacial score (nSPS) is 21.3. The van der Waals surface area contributed by atoms with Gasteiger partial charge in [0.2, 0.25) is 0 Å². The van der Waals surface area contributed by atoms with Gasteiger partial charge < -0.3 is 10.1 Å². The summed E-state index contributed by atoms with van der Waals surface area (Å²) in [5, 5.41) is 9.00. The Kier molecular flexibility index (Phi) is 12.8. The van der Waals surface area contributed by atoms with Gasteiger partial charge in [0.25, 0.3) is 0 Å². The smallest absolute Gasteiger partial charge is 0.306 e. The molecule has 32 heavy (non-hydrogen) atoms. The summed E-state index contributed by atoms with van der Waals surface area (Å²) in [6.45, 7) is 14.7. The Morgan fingerprint density at radius 3 is 2.41 bits per heavy atom. The number of nitrogens with one attached hydrogen (secondary N) is 1. The molecular weight excluding hydrogens is 442 g/mol. The van der Waals surface area contributed by atoms with Gasteiger partial charge >= 0.3 is 5.97 Å². The second kappa shape index (κ2) is 14.5. The molecular formula is C25H40ClN3O2S. The summed E-state index contributed by atoms with van der Waals surface area (Å²) in [5.74, 6) is 0.835. The second-order valence-electron chi connectivity index (χ2n) is 7.76. The Morgan fingerprint density at radius 1 is 1.22 bits per heavy atom. The van der Waals surface area contributed by atoms with Crippen molar-refractivity contribution in [1.29, 1.82) is 0 Å². The lowest BCUT2D eigenvalue weighted by molar-refractivity contribution is -0.143. The van der Waals surface area contributed by atoms with Crippen LogP contribution in [0.1, 0.15) is 77.3 Å². The van der Waals surface area contributed by atoms with Crippen molar-refractivity contribution >= 4 is 35.1 Å². The number of aromatic nitrogens is 2. The molecule has 2 rings (SSSR count). The van der Waals surface area contributed by atoms with Crippen LogP contribution in [0.4, 0.5) is 5.82 Å². The maximum atomic E-state index is 12.2. The molecule has 1 N–H and O–H groups in total. The summed E-state index contributed by atoms with van der Waals surface area (Å²) < 4.78 is 7.09. The van der Waals surface area contributed by atoms with Gasteiger partial charge in [-0.3, -0.25) is 9.48 Å². The fourth-order valence-electron chi connectivity index (χ4n) is 3.29. The van der Waals surface area contributed by atoms with Crippen LogP contribution in [-0.2, 0) is 16.6 Å². The van der Waals surface area contributed by atoms with Gasteiger partial charge in [-0.05, 0) is 46.3 Å². The van der Waals surface area contributed by atoms with Crippen LogP contribution in [0, 0.1) is 6.92 Å². The first-order chi connectivity index (χ1) is 15.2. The number of aryl methyl sites for hydroxylation is 2. The number of hydrogen-bond acceptors (Lipinski definition) is 5. The fourth-order valence-corrected chi connectivity index (χ4v) is 5.03. The number of thioether (sulfide) groups is 1. The number of carbonyl (C=O) groups is 1. The zero-order valence-corrected chi connectivity index (χ0v) is 22.4. The zero-order valence-electron chi connectivity index (χ0n) is 20.9. The molecule has 0 bridgehead atoms. The van der Waals surface area contributed by atoms with E-state index in [0.717, 1.165) is 22.6 Å². The molecule has 1 aliphatic rings. The summed E-state index contributed by atoms with van der Waals surface area (Å²) in [6, 6.07) is 0.0918. The number of ether oxygens (including phenoxy) is 1. The number of hydrogen-bond donors (Lipinski definition) is 1. The van der Waals surface area contributed by atoms with E-state index >= 15 is 0 Å². The largest absolute Gasteiger partial charge is 0.466 e. The highest BCUT2D eigenvalue weighted by Crippen LogP contribution is 2.48. The van der Waals surface area contributed by atoms with Crippen molar-refractivity contribution in [1.82, 2.24) is 9.78 Å². The van der Waals surface area contributed by atoms with Gasteiger partial charge in [-0.15, -0.1) is 11.8 Å². The van der Waals surface area contributed by atoms with Crippen molar-refractivity contribution in [2.75, 3.05) is 11.9 Å². The minimum absolute atomic E-state index is 0.0446. The van der Waals surface area contributed by atoms with Gasteiger partial charge in [-0.25, -0.2) is 0 Å². The van der Waals surface area contributed by atoms with Crippen molar-refractivity contribution in [3.8, 4) is 0 Å². The Morgan fingerprint density at radius 2 is 1.88 bits per heavy atom. The highest BCUT2D eigenvalue weighted by molar-refractivity contribution is 8.00. The van der Waals surface area contributed by atoms with E-state index in [4.69, 9.17) is 16.3 Å². The number of fused-ring (bicyclic) bond motifs is 1. The Balaban J connectivity index is 0.00000118. The number of anilines is 1. The van der Waals surface area contributed by atoms with Gasteiger partial charge in [-0.2, -0.15) is 5.10 Å². The second-order valence-corrected chi connectivity index (χ2v) is 9.55. The number of nitrogens with zero attached hydrogens (tertiary/aromatic N) is 2. The lowest BCUT2D eigenvalue weighted by Crippen LogP contribution is -2.31. The molecule has 0 saturated carbocycles. The van der Waals surface area contributed by atoms with E-state index in [1.807, 2.05) is 57.7 Å². The monoisotopic (exact) mass is 481 g/mol. The minimum Gasteiger partial charge on any atom is -0.466 e. The predicted molar refractivity (Wildman–Crippen MR) is 139 cm³/mol. The third-order valence-corrected chi connectivity index (χ3v) is 7.33. The Bertz CT molecular complexity index is 827. The number of halogens is 1. The van der Waals surface area contributed by atoms with Crippen molar-refractivity contribution in [3.63, 3.8) is 0 Å². The summed E-state index contributed by atoms with van der Waals surface area (Å²) in [7, 11) is 1.95. The lowest BCUT2D eigenvalue weighted by atomic mass is 10.0. The van der Waals surface area contributed by atoms with Crippen molar-refractivity contribution < 1.29 is 9.53 Å². The molecule has 1 aliphatic heterocycles. The third kappa shape index (κ3) is 8.04. The maximum Gasteiger partial charge on any atom is 0.306 e. The van der Waals surface area contributed by atoms with Crippen LogP contribution in [0.3, 0.4) is 0 Å². The lowest BCUT2D eigenvalue weighted by Gasteiger charge is -2.24. The Labute approximate surface area is 203 Å². The molecule has 0 aliphatic carbocycles. The van der Waals surface area contributed by atoms with Crippen molar-refractivity contribution in [3.05, 3.63) is 46.2 Å². The first kappa shape index (κ1) is 28.4. The standard InChI is InChI=1S/C21H30ClN3O2S.C4H10/c1-7-15(10-11-16(22)8-2)20-19-14(5)24-25(6)21(19)23-13(4)17(28-20)12-18(26)27-9-3;1-3-4-2/h7-8,10-11,13,17,20,23H,9,12H2,1-6H3;3-4H2,1-2H3/b11-10-,15-7-,16-8+;. The molecule has 1 aromatic rings. The highest BCUT2D eigenvalue weighted by atomic mass is 35.5. The molecule has 0 aromatic carbocycles. The van der Waals surface area contributed by atoms with Crippen LogP contribution in [-0.4, -0.2) is 33.6 Å². The molecule has 0 spiro atoms. The number of rotatable bonds is 7.